The molecule has 1 fully saturated rings. The van der Waals surface area contributed by atoms with Gasteiger partial charge in [0.15, 0.2) is 29.3 Å². The molecule has 1 amide bonds. The number of nitrogens with zero attached hydrogens (tertiary/aromatic N) is 4. The number of hydrogen-bond acceptors (Lipinski definition) is 8. The molecule has 1 saturated heterocycles. The molecule has 4 rings (SSSR count). The van der Waals surface area contributed by atoms with Gasteiger partial charge in [0.1, 0.15) is 12.4 Å². The van der Waals surface area contributed by atoms with Crippen LogP contribution in [0.25, 0.3) is 11.2 Å². The van der Waals surface area contributed by atoms with E-state index in [1.165, 1.54) is 19.8 Å². The number of hydrogen-bond donors (Lipinski definition) is 1. The number of esters is 1. The number of carbonyl (C=O) groups is 2. The molecule has 1 aliphatic heterocycles. The standard InChI is InChI=1S/C20H21N5O5/c1-11-14(28-2)19(30-15(11)20(27)29-3)25-10-23-13-16(21-9-22-17(13)25)24-18(26)12-7-5-4-6-8-12/h4-11,14-15,19H,1-3H3,(H,21,22,24,26)/t11?,14-,15-,19+/m0/s1. The minimum atomic E-state index is -0.776. The van der Waals surface area contributed by atoms with E-state index in [1.54, 1.807) is 35.9 Å². The maximum Gasteiger partial charge on any atom is 0.335 e. The summed E-state index contributed by atoms with van der Waals surface area (Å²) in [5, 5.41) is 2.76. The van der Waals surface area contributed by atoms with Crippen molar-refractivity contribution in [3.8, 4) is 0 Å². The fraction of sp³-hybridized carbons (Fsp3) is 0.350. The highest BCUT2D eigenvalue weighted by Crippen LogP contribution is 2.37. The van der Waals surface area contributed by atoms with Crippen LogP contribution in [-0.4, -0.2) is 57.8 Å². The van der Waals surface area contributed by atoms with Crippen LogP contribution in [0.3, 0.4) is 0 Å². The Morgan fingerprint density at radius 1 is 1.13 bits per heavy atom. The first kappa shape index (κ1) is 19.9. The van der Waals surface area contributed by atoms with E-state index in [9.17, 15) is 9.59 Å². The Bertz CT molecular complexity index is 1070. The number of aromatic nitrogens is 4. The highest BCUT2D eigenvalue weighted by atomic mass is 16.6. The lowest BCUT2D eigenvalue weighted by molar-refractivity contribution is -0.157. The lowest BCUT2D eigenvalue weighted by atomic mass is 10.0. The van der Waals surface area contributed by atoms with Crippen LogP contribution < -0.4 is 5.32 Å². The molecule has 2 aromatic heterocycles. The van der Waals surface area contributed by atoms with Gasteiger partial charge in [0.2, 0.25) is 0 Å². The van der Waals surface area contributed by atoms with Gasteiger partial charge in [-0.25, -0.2) is 19.7 Å². The van der Waals surface area contributed by atoms with E-state index in [0.717, 1.165) is 0 Å². The lowest BCUT2D eigenvalue weighted by Gasteiger charge is -2.20. The van der Waals surface area contributed by atoms with Crippen molar-refractivity contribution in [2.75, 3.05) is 19.5 Å². The Labute approximate surface area is 172 Å². The molecule has 4 atom stereocenters. The van der Waals surface area contributed by atoms with Crippen LogP contribution in [0.2, 0.25) is 0 Å². The quantitative estimate of drug-likeness (QED) is 0.632. The molecule has 0 saturated carbocycles. The van der Waals surface area contributed by atoms with Crippen LogP contribution in [-0.2, 0) is 19.0 Å². The van der Waals surface area contributed by atoms with Crippen molar-refractivity contribution in [3.05, 3.63) is 48.5 Å². The van der Waals surface area contributed by atoms with Crippen LogP contribution >= 0.6 is 0 Å². The summed E-state index contributed by atoms with van der Waals surface area (Å²) in [5.41, 5.74) is 1.34. The lowest BCUT2D eigenvalue weighted by Crippen LogP contribution is -2.30. The predicted octanol–water partition coefficient (Wildman–Crippen LogP) is 1.80. The molecule has 1 unspecified atom stereocenters. The second kappa shape index (κ2) is 8.17. The first-order chi connectivity index (χ1) is 14.5. The van der Waals surface area contributed by atoms with E-state index in [1.807, 2.05) is 13.0 Å². The molecule has 0 bridgehead atoms. The van der Waals surface area contributed by atoms with E-state index in [4.69, 9.17) is 14.2 Å². The number of carbonyl (C=O) groups excluding carboxylic acids is 2. The van der Waals surface area contributed by atoms with Crippen LogP contribution in [0, 0.1) is 5.92 Å². The molecule has 30 heavy (non-hydrogen) atoms. The van der Waals surface area contributed by atoms with E-state index in [2.05, 4.69) is 20.3 Å². The molecule has 0 spiro atoms. The summed E-state index contributed by atoms with van der Waals surface area (Å²) in [5.74, 6) is -0.751. The smallest absolute Gasteiger partial charge is 0.335 e. The summed E-state index contributed by atoms with van der Waals surface area (Å²) in [7, 11) is 2.87. The zero-order chi connectivity index (χ0) is 21.3. The van der Waals surface area contributed by atoms with Crippen molar-refractivity contribution in [1.82, 2.24) is 19.5 Å². The molecule has 156 valence electrons. The first-order valence-corrected chi connectivity index (χ1v) is 9.35. The van der Waals surface area contributed by atoms with Crippen molar-refractivity contribution in [2.45, 2.75) is 25.4 Å². The minimum Gasteiger partial charge on any atom is -0.467 e. The van der Waals surface area contributed by atoms with Crippen molar-refractivity contribution in [2.24, 2.45) is 5.92 Å². The fourth-order valence-electron chi connectivity index (χ4n) is 3.62. The summed E-state index contributed by atoms with van der Waals surface area (Å²) in [6.45, 7) is 1.86. The molecule has 0 aliphatic carbocycles. The SMILES string of the molecule is COC(=O)[C@H]1O[C@@H](n2cnc3c(NC(=O)c4ccccc4)ncnc32)[C@@H](OC)C1C. The Hall–Kier alpha value is -3.37. The van der Waals surface area contributed by atoms with E-state index in [-0.39, 0.29) is 17.6 Å². The maximum absolute atomic E-state index is 12.5. The van der Waals surface area contributed by atoms with Crippen LogP contribution in [0.4, 0.5) is 5.82 Å². The number of benzene rings is 1. The topological polar surface area (TPSA) is 117 Å². The fourth-order valence-corrected chi connectivity index (χ4v) is 3.62. The van der Waals surface area contributed by atoms with Gasteiger partial charge in [-0.2, -0.15) is 0 Å². The minimum absolute atomic E-state index is 0.246. The summed E-state index contributed by atoms with van der Waals surface area (Å²) < 4.78 is 18.0. The van der Waals surface area contributed by atoms with Gasteiger partial charge in [0.05, 0.1) is 13.4 Å². The van der Waals surface area contributed by atoms with Crippen LogP contribution in [0.1, 0.15) is 23.5 Å². The number of rotatable bonds is 5. The normalized spacial score (nSPS) is 23.4. The zero-order valence-electron chi connectivity index (χ0n) is 16.7. The van der Waals surface area contributed by atoms with Gasteiger partial charge in [-0.05, 0) is 12.1 Å². The molecule has 1 N–H and O–H groups in total. The van der Waals surface area contributed by atoms with Gasteiger partial charge in [-0.1, -0.05) is 25.1 Å². The van der Waals surface area contributed by atoms with E-state index in [0.29, 0.717) is 16.7 Å². The van der Waals surface area contributed by atoms with Gasteiger partial charge in [0, 0.05) is 18.6 Å². The molecular weight excluding hydrogens is 390 g/mol. The number of ether oxygens (including phenoxy) is 3. The summed E-state index contributed by atoms with van der Waals surface area (Å²) in [6.07, 6.45) is 1.01. The predicted molar refractivity (Wildman–Crippen MR) is 106 cm³/mol. The Kier molecular flexibility index (Phi) is 5.42. The molecule has 1 aliphatic rings. The highest BCUT2D eigenvalue weighted by Gasteiger charge is 2.47. The van der Waals surface area contributed by atoms with Crippen LogP contribution in [0.5, 0.6) is 0 Å². The first-order valence-electron chi connectivity index (χ1n) is 9.35. The van der Waals surface area contributed by atoms with Gasteiger partial charge < -0.3 is 19.5 Å². The molecule has 3 aromatic rings. The van der Waals surface area contributed by atoms with Gasteiger partial charge in [-0.3, -0.25) is 9.36 Å². The number of anilines is 1. The average molecular weight is 411 g/mol. The Balaban J connectivity index is 1.66. The van der Waals surface area contributed by atoms with E-state index >= 15 is 0 Å². The third kappa shape index (κ3) is 3.40. The van der Waals surface area contributed by atoms with Crippen molar-refractivity contribution < 1.29 is 23.8 Å². The average Bonchev–Trinajstić information content (AvgIpc) is 3.35. The summed E-state index contributed by atoms with van der Waals surface area (Å²) >= 11 is 0. The molecule has 1 aromatic carbocycles. The van der Waals surface area contributed by atoms with Crippen molar-refractivity contribution in [1.29, 1.82) is 0 Å². The number of nitrogens with one attached hydrogen (secondary N) is 1. The van der Waals surface area contributed by atoms with Crippen LogP contribution in [0.15, 0.2) is 43.0 Å². The Morgan fingerprint density at radius 2 is 1.90 bits per heavy atom. The second-order valence-corrected chi connectivity index (χ2v) is 6.90. The maximum atomic E-state index is 12.5. The number of imidazole rings is 1. The number of amides is 1. The summed E-state index contributed by atoms with van der Waals surface area (Å²) in [6, 6.07) is 8.80. The van der Waals surface area contributed by atoms with Gasteiger partial charge >= 0.3 is 5.97 Å². The van der Waals surface area contributed by atoms with Gasteiger partial charge in [0.25, 0.3) is 5.91 Å². The third-order valence-corrected chi connectivity index (χ3v) is 5.17. The molecule has 10 nitrogen and oxygen atoms in total. The number of fused-ring (bicyclic) bond motifs is 1. The highest BCUT2D eigenvalue weighted by molar-refractivity contribution is 6.06. The molecular formula is C20H21N5O5. The largest absolute Gasteiger partial charge is 0.467 e. The third-order valence-electron chi connectivity index (χ3n) is 5.17. The Morgan fingerprint density at radius 3 is 2.60 bits per heavy atom. The van der Waals surface area contributed by atoms with Crippen molar-refractivity contribution >= 4 is 28.9 Å². The monoisotopic (exact) mass is 411 g/mol. The zero-order valence-corrected chi connectivity index (χ0v) is 16.7. The second-order valence-electron chi connectivity index (χ2n) is 6.90. The van der Waals surface area contributed by atoms with Crippen molar-refractivity contribution in [3.63, 3.8) is 0 Å². The number of methoxy groups -OCH3 is 2. The molecule has 10 heteroatoms. The van der Waals surface area contributed by atoms with Gasteiger partial charge in [-0.15, -0.1) is 0 Å². The van der Waals surface area contributed by atoms with E-state index < -0.39 is 24.4 Å². The molecule has 3 heterocycles. The molecule has 0 radical (unpaired) electrons. The summed E-state index contributed by atoms with van der Waals surface area (Å²) in [4.78, 5) is 37.4.